The van der Waals surface area contributed by atoms with Crippen molar-refractivity contribution in [1.82, 2.24) is 4.98 Å². The van der Waals surface area contributed by atoms with Gasteiger partial charge in [0, 0.05) is 18.2 Å². The highest BCUT2D eigenvalue weighted by Crippen LogP contribution is 2.35. The SMILES string of the molecule is CCC(F)(F)c1cccnc1C(C)C. The number of hydrogen-bond donors (Lipinski definition) is 0. The maximum atomic E-state index is 13.5. The summed E-state index contributed by atoms with van der Waals surface area (Å²) in [4.78, 5) is 4.01. The second-order valence-corrected chi connectivity index (χ2v) is 3.65. The van der Waals surface area contributed by atoms with Crippen LogP contribution >= 0.6 is 0 Å². The van der Waals surface area contributed by atoms with E-state index < -0.39 is 5.92 Å². The summed E-state index contributed by atoms with van der Waals surface area (Å²) in [6.07, 6.45) is 1.38. The summed E-state index contributed by atoms with van der Waals surface area (Å²) in [6, 6.07) is 3.02. The fraction of sp³-hybridized carbons (Fsp3) is 0.545. The molecule has 0 saturated heterocycles. The molecule has 0 spiro atoms. The van der Waals surface area contributed by atoms with E-state index in [2.05, 4.69) is 4.98 Å². The Morgan fingerprint density at radius 3 is 2.57 bits per heavy atom. The lowest BCUT2D eigenvalue weighted by atomic mass is 9.98. The van der Waals surface area contributed by atoms with Crippen LogP contribution in [0.3, 0.4) is 0 Å². The zero-order valence-corrected chi connectivity index (χ0v) is 8.72. The lowest BCUT2D eigenvalue weighted by Gasteiger charge is -2.19. The zero-order valence-electron chi connectivity index (χ0n) is 8.72. The minimum absolute atomic E-state index is 0.0311. The molecular weight excluding hydrogens is 184 g/mol. The minimum Gasteiger partial charge on any atom is -0.261 e. The number of rotatable bonds is 3. The van der Waals surface area contributed by atoms with Crippen LogP contribution in [0.25, 0.3) is 0 Å². The lowest BCUT2D eigenvalue weighted by molar-refractivity contribution is -0.00980. The van der Waals surface area contributed by atoms with Crippen LogP contribution in [-0.4, -0.2) is 4.98 Å². The average molecular weight is 199 g/mol. The van der Waals surface area contributed by atoms with Gasteiger partial charge in [0.2, 0.25) is 0 Å². The van der Waals surface area contributed by atoms with E-state index >= 15 is 0 Å². The summed E-state index contributed by atoms with van der Waals surface area (Å²) in [7, 11) is 0. The molecule has 0 aliphatic rings. The predicted molar refractivity (Wildman–Crippen MR) is 52.5 cm³/mol. The van der Waals surface area contributed by atoms with Gasteiger partial charge in [-0.2, -0.15) is 0 Å². The quantitative estimate of drug-likeness (QED) is 0.723. The van der Waals surface area contributed by atoms with Crippen LogP contribution in [0.5, 0.6) is 0 Å². The van der Waals surface area contributed by atoms with Crippen molar-refractivity contribution in [1.29, 1.82) is 0 Å². The fourth-order valence-electron chi connectivity index (χ4n) is 1.38. The van der Waals surface area contributed by atoms with Crippen LogP contribution in [-0.2, 0) is 5.92 Å². The van der Waals surface area contributed by atoms with Crippen molar-refractivity contribution < 1.29 is 8.78 Å². The lowest BCUT2D eigenvalue weighted by Crippen LogP contribution is -2.16. The van der Waals surface area contributed by atoms with Gasteiger partial charge in [0.05, 0.1) is 5.69 Å². The van der Waals surface area contributed by atoms with E-state index in [1.54, 1.807) is 12.3 Å². The number of halogens is 2. The molecule has 78 valence electrons. The molecule has 0 saturated carbocycles. The summed E-state index contributed by atoms with van der Waals surface area (Å²) in [5.74, 6) is -2.72. The monoisotopic (exact) mass is 199 g/mol. The Bertz CT molecular complexity index is 308. The standard InChI is InChI=1S/C11H15F2N/c1-4-11(12,13)9-6-5-7-14-10(9)8(2)3/h5-8H,4H2,1-3H3. The van der Waals surface area contributed by atoms with Crippen LogP contribution in [0.1, 0.15) is 44.4 Å². The number of alkyl halides is 2. The van der Waals surface area contributed by atoms with Crippen molar-refractivity contribution >= 4 is 0 Å². The molecule has 0 bridgehead atoms. The molecular formula is C11H15F2N. The van der Waals surface area contributed by atoms with Crippen molar-refractivity contribution in [3.8, 4) is 0 Å². The highest BCUT2D eigenvalue weighted by atomic mass is 19.3. The van der Waals surface area contributed by atoms with Gasteiger partial charge in [0.25, 0.3) is 5.92 Å². The normalized spacial score (nSPS) is 12.1. The molecule has 0 amide bonds. The molecule has 1 heterocycles. The van der Waals surface area contributed by atoms with Crippen molar-refractivity contribution in [2.45, 2.75) is 39.0 Å². The smallest absolute Gasteiger partial charge is 0.261 e. The Balaban J connectivity index is 3.20. The maximum Gasteiger partial charge on any atom is 0.274 e. The van der Waals surface area contributed by atoms with E-state index in [9.17, 15) is 8.78 Å². The second kappa shape index (κ2) is 4.03. The summed E-state index contributed by atoms with van der Waals surface area (Å²) in [5, 5.41) is 0. The van der Waals surface area contributed by atoms with Crippen LogP contribution in [0.2, 0.25) is 0 Å². The van der Waals surface area contributed by atoms with Gasteiger partial charge >= 0.3 is 0 Å². The van der Waals surface area contributed by atoms with E-state index in [1.165, 1.54) is 13.0 Å². The van der Waals surface area contributed by atoms with Crippen molar-refractivity contribution in [3.63, 3.8) is 0 Å². The Labute approximate surface area is 83.2 Å². The molecule has 0 unspecified atom stereocenters. The Kier molecular flexibility index (Phi) is 3.19. The molecule has 0 N–H and O–H groups in total. The first-order chi connectivity index (χ1) is 6.49. The van der Waals surface area contributed by atoms with Gasteiger partial charge in [-0.1, -0.05) is 20.8 Å². The number of aromatic nitrogens is 1. The fourth-order valence-corrected chi connectivity index (χ4v) is 1.38. The third kappa shape index (κ3) is 2.08. The summed E-state index contributed by atoms with van der Waals surface area (Å²) in [5.41, 5.74) is 0.567. The molecule has 0 fully saturated rings. The van der Waals surface area contributed by atoms with Gasteiger partial charge in [0.1, 0.15) is 0 Å². The summed E-state index contributed by atoms with van der Waals surface area (Å²) in [6.45, 7) is 5.23. The largest absolute Gasteiger partial charge is 0.274 e. The molecule has 0 aliphatic heterocycles. The first kappa shape index (κ1) is 11.1. The van der Waals surface area contributed by atoms with Crippen molar-refractivity contribution in [3.05, 3.63) is 29.6 Å². The third-order valence-corrected chi connectivity index (χ3v) is 2.22. The Hall–Kier alpha value is -0.990. The van der Waals surface area contributed by atoms with Gasteiger partial charge in [-0.25, -0.2) is 8.78 Å². The van der Waals surface area contributed by atoms with Crippen LogP contribution in [0.15, 0.2) is 18.3 Å². The van der Waals surface area contributed by atoms with Crippen molar-refractivity contribution in [2.24, 2.45) is 0 Å². The molecule has 1 aromatic rings. The minimum atomic E-state index is -2.76. The number of nitrogens with zero attached hydrogens (tertiary/aromatic N) is 1. The third-order valence-electron chi connectivity index (χ3n) is 2.22. The van der Waals surface area contributed by atoms with Gasteiger partial charge in [-0.15, -0.1) is 0 Å². The van der Waals surface area contributed by atoms with Crippen LogP contribution in [0.4, 0.5) is 8.78 Å². The molecule has 1 aromatic heterocycles. The highest BCUT2D eigenvalue weighted by Gasteiger charge is 2.32. The number of hydrogen-bond acceptors (Lipinski definition) is 1. The molecule has 1 nitrogen and oxygen atoms in total. The Morgan fingerprint density at radius 2 is 2.07 bits per heavy atom. The molecule has 3 heteroatoms. The van der Waals surface area contributed by atoms with Crippen LogP contribution in [0, 0.1) is 0 Å². The van der Waals surface area contributed by atoms with E-state index in [0.29, 0.717) is 5.69 Å². The molecule has 0 aliphatic carbocycles. The van der Waals surface area contributed by atoms with Gasteiger partial charge in [-0.3, -0.25) is 4.98 Å². The highest BCUT2D eigenvalue weighted by molar-refractivity contribution is 5.26. The molecule has 0 atom stereocenters. The van der Waals surface area contributed by atoms with Crippen molar-refractivity contribution in [2.75, 3.05) is 0 Å². The molecule has 14 heavy (non-hydrogen) atoms. The maximum absolute atomic E-state index is 13.5. The number of pyridine rings is 1. The van der Waals surface area contributed by atoms with Gasteiger partial charge in [-0.05, 0) is 18.1 Å². The molecule has 1 rings (SSSR count). The summed E-state index contributed by atoms with van der Waals surface area (Å²) >= 11 is 0. The van der Waals surface area contributed by atoms with Gasteiger partial charge in [0.15, 0.2) is 0 Å². The first-order valence-corrected chi connectivity index (χ1v) is 4.82. The summed E-state index contributed by atoms with van der Waals surface area (Å²) < 4.78 is 26.9. The topological polar surface area (TPSA) is 12.9 Å². The van der Waals surface area contributed by atoms with Gasteiger partial charge < -0.3 is 0 Å². The van der Waals surface area contributed by atoms with Crippen LogP contribution < -0.4 is 0 Å². The molecule has 0 aromatic carbocycles. The predicted octanol–water partition coefficient (Wildman–Crippen LogP) is 3.71. The van der Waals surface area contributed by atoms with E-state index in [-0.39, 0.29) is 17.9 Å². The molecule has 0 radical (unpaired) electrons. The van der Waals surface area contributed by atoms with E-state index in [1.807, 2.05) is 13.8 Å². The van der Waals surface area contributed by atoms with E-state index in [0.717, 1.165) is 0 Å². The zero-order chi connectivity index (χ0) is 10.8. The second-order valence-electron chi connectivity index (χ2n) is 3.65. The Morgan fingerprint density at radius 1 is 1.43 bits per heavy atom. The van der Waals surface area contributed by atoms with E-state index in [4.69, 9.17) is 0 Å². The first-order valence-electron chi connectivity index (χ1n) is 4.82. The average Bonchev–Trinajstić information content (AvgIpc) is 2.18.